The van der Waals surface area contributed by atoms with Gasteiger partial charge in [-0.3, -0.25) is 4.99 Å². The Kier molecular flexibility index (Phi) is 7.79. The minimum absolute atomic E-state index is 0.438. The Hall–Kier alpha value is -2.93. The molecule has 1 fully saturated rings. The second-order valence-corrected chi connectivity index (χ2v) is 7.71. The first-order chi connectivity index (χ1) is 14.6. The van der Waals surface area contributed by atoms with Gasteiger partial charge >= 0.3 is 0 Å². The first kappa shape index (κ1) is 21.8. The summed E-state index contributed by atoms with van der Waals surface area (Å²) in [4.78, 5) is 8.93. The summed E-state index contributed by atoms with van der Waals surface area (Å²) in [5.74, 6) is 0.438. The molecule has 1 atom stereocenters. The number of benzene rings is 1. The number of aliphatic hydroxyl groups is 1. The van der Waals surface area contributed by atoms with Gasteiger partial charge < -0.3 is 20.2 Å². The van der Waals surface area contributed by atoms with Gasteiger partial charge in [-0.05, 0) is 36.1 Å². The minimum Gasteiger partial charge on any atom is -0.373 e. The van der Waals surface area contributed by atoms with Crippen LogP contribution in [-0.2, 0) is 0 Å². The van der Waals surface area contributed by atoms with Crippen molar-refractivity contribution >= 4 is 17.6 Å². The van der Waals surface area contributed by atoms with E-state index in [1.54, 1.807) is 18.5 Å². The van der Waals surface area contributed by atoms with E-state index >= 15 is 0 Å². The fourth-order valence-corrected chi connectivity index (χ4v) is 3.40. The number of nitrogens with zero attached hydrogens (tertiary/aromatic N) is 5. The second-order valence-electron chi connectivity index (χ2n) is 7.71. The Morgan fingerprint density at radius 3 is 2.60 bits per heavy atom. The van der Waals surface area contributed by atoms with Gasteiger partial charge in [-0.1, -0.05) is 26.8 Å². The fourth-order valence-electron chi connectivity index (χ4n) is 3.40. The lowest BCUT2D eigenvalue weighted by molar-refractivity contribution is 0.207. The molecular weight excluding hydrogens is 376 g/mol. The molecule has 1 saturated heterocycles. The fraction of sp³-hybridized carbons (Fsp3) is 0.435. The predicted octanol–water partition coefficient (Wildman–Crippen LogP) is 3.78. The molecule has 160 valence electrons. The highest BCUT2D eigenvalue weighted by Crippen LogP contribution is 2.33. The van der Waals surface area contributed by atoms with Crippen LogP contribution in [0.3, 0.4) is 0 Å². The highest BCUT2D eigenvalue weighted by Gasteiger charge is 2.20. The molecule has 0 bridgehead atoms. The maximum absolute atomic E-state index is 10.6. The molecule has 1 aliphatic rings. The van der Waals surface area contributed by atoms with Gasteiger partial charge in [0.2, 0.25) is 0 Å². The summed E-state index contributed by atoms with van der Waals surface area (Å²) in [5, 5.41) is 21.5. The molecule has 0 amide bonds. The van der Waals surface area contributed by atoms with Gasteiger partial charge in [0.1, 0.15) is 0 Å². The van der Waals surface area contributed by atoms with Gasteiger partial charge in [0.25, 0.3) is 0 Å². The van der Waals surface area contributed by atoms with Gasteiger partial charge in [-0.25, -0.2) is 0 Å². The Morgan fingerprint density at radius 1 is 1.13 bits per heavy atom. The highest BCUT2D eigenvalue weighted by molar-refractivity contribution is 5.72. The molecule has 7 heteroatoms. The van der Waals surface area contributed by atoms with E-state index < -0.39 is 6.23 Å². The summed E-state index contributed by atoms with van der Waals surface area (Å²) in [6.07, 6.45) is 9.10. The number of aliphatic hydroxyl groups excluding tert-OH is 1. The monoisotopic (exact) mass is 408 g/mol. The Balaban J connectivity index is 1.75. The molecule has 1 aliphatic heterocycles. The topological polar surface area (TPSA) is 76.9 Å². The van der Waals surface area contributed by atoms with Crippen molar-refractivity contribution in [2.45, 2.75) is 39.3 Å². The number of hydrogen-bond donors (Lipinski definition) is 2. The van der Waals surface area contributed by atoms with Crippen molar-refractivity contribution in [1.82, 2.24) is 15.1 Å². The molecule has 1 aromatic carbocycles. The third-order valence-electron chi connectivity index (χ3n) is 5.21. The molecule has 0 spiro atoms. The summed E-state index contributed by atoms with van der Waals surface area (Å²) in [6, 6.07) is 8.19. The summed E-state index contributed by atoms with van der Waals surface area (Å²) in [6.45, 7) is 10.2. The Morgan fingerprint density at radius 2 is 1.93 bits per heavy atom. The van der Waals surface area contributed by atoms with E-state index in [1.807, 2.05) is 12.4 Å². The van der Waals surface area contributed by atoms with E-state index in [0.29, 0.717) is 11.5 Å². The summed E-state index contributed by atoms with van der Waals surface area (Å²) in [7, 11) is 0. The van der Waals surface area contributed by atoms with E-state index in [-0.39, 0.29) is 0 Å². The molecule has 30 heavy (non-hydrogen) atoms. The zero-order valence-corrected chi connectivity index (χ0v) is 18.1. The molecule has 0 aliphatic carbocycles. The zero-order valence-electron chi connectivity index (χ0n) is 18.1. The van der Waals surface area contributed by atoms with Crippen LogP contribution >= 0.6 is 0 Å². The number of hydrogen-bond acceptors (Lipinski definition) is 7. The van der Waals surface area contributed by atoms with E-state index in [9.17, 15) is 5.11 Å². The molecule has 1 unspecified atom stereocenters. The molecule has 7 nitrogen and oxygen atoms in total. The number of aromatic nitrogens is 2. The Bertz CT molecular complexity index is 844. The first-order valence-electron chi connectivity index (χ1n) is 10.6. The van der Waals surface area contributed by atoms with Crippen LogP contribution in [-0.4, -0.2) is 52.6 Å². The highest BCUT2D eigenvalue weighted by atomic mass is 16.3. The van der Waals surface area contributed by atoms with Crippen molar-refractivity contribution in [3.05, 3.63) is 60.2 Å². The third-order valence-corrected chi connectivity index (χ3v) is 5.21. The predicted molar refractivity (Wildman–Crippen MR) is 123 cm³/mol. The molecule has 2 N–H and O–H groups in total. The number of nitrogens with one attached hydrogen (secondary N) is 1. The molecule has 2 heterocycles. The van der Waals surface area contributed by atoms with Crippen LogP contribution in [0.2, 0.25) is 0 Å². The molecule has 3 rings (SSSR count). The quantitative estimate of drug-likeness (QED) is 0.511. The Labute approximate surface area is 179 Å². The maximum atomic E-state index is 10.6. The van der Waals surface area contributed by atoms with E-state index in [0.717, 1.165) is 44.0 Å². The van der Waals surface area contributed by atoms with Gasteiger partial charge in [0, 0.05) is 50.4 Å². The summed E-state index contributed by atoms with van der Waals surface area (Å²) in [5.41, 5.74) is 4.01. The van der Waals surface area contributed by atoms with Crippen molar-refractivity contribution in [3.63, 3.8) is 0 Å². The summed E-state index contributed by atoms with van der Waals surface area (Å²) >= 11 is 0. The van der Waals surface area contributed by atoms with Gasteiger partial charge in [-0.15, -0.1) is 0 Å². The van der Waals surface area contributed by atoms with Crippen molar-refractivity contribution < 1.29 is 5.11 Å². The van der Waals surface area contributed by atoms with E-state index in [1.165, 1.54) is 5.56 Å². The van der Waals surface area contributed by atoms with E-state index in [4.69, 9.17) is 0 Å². The molecule has 2 aromatic rings. The van der Waals surface area contributed by atoms with Crippen LogP contribution in [0.25, 0.3) is 0 Å². The lowest BCUT2D eigenvalue weighted by atomic mass is 10.0. The van der Waals surface area contributed by atoms with E-state index in [2.05, 4.69) is 75.5 Å². The normalized spacial score (nSPS) is 16.0. The van der Waals surface area contributed by atoms with Crippen molar-refractivity contribution in [2.75, 3.05) is 36.4 Å². The van der Waals surface area contributed by atoms with Crippen molar-refractivity contribution in [2.24, 2.45) is 4.99 Å². The summed E-state index contributed by atoms with van der Waals surface area (Å²) < 4.78 is 0. The lowest BCUT2D eigenvalue weighted by Gasteiger charge is -2.37. The molecule has 1 aromatic heterocycles. The third kappa shape index (κ3) is 5.79. The standard InChI is InChI=1S/C23H32N6O/c1-4-8-24-10-11-28-12-14-29(15-13-28)22-16-19(18(2)3)5-6-21(22)27-23(30)20-7-9-25-26-17-20/h5-11,16-18,23,27,30H,4,12-15H2,1-3H3. The second kappa shape index (κ2) is 10.7. The van der Waals surface area contributed by atoms with Crippen LogP contribution < -0.4 is 10.2 Å². The SMILES string of the molecule is CCC=NC=CN1CCN(c2cc(C(C)C)ccc2NC(O)c2ccnnc2)CC1. The van der Waals surface area contributed by atoms with Gasteiger partial charge in [-0.2, -0.15) is 10.2 Å². The van der Waals surface area contributed by atoms with Gasteiger partial charge in [0.15, 0.2) is 6.23 Å². The van der Waals surface area contributed by atoms with Crippen LogP contribution in [0.4, 0.5) is 11.4 Å². The first-order valence-corrected chi connectivity index (χ1v) is 10.6. The minimum atomic E-state index is -0.843. The van der Waals surface area contributed by atoms with Crippen LogP contribution in [0.15, 0.2) is 54.1 Å². The largest absolute Gasteiger partial charge is 0.373 e. The van der Waals surface area contributed by atoms with Crippen molar-refractivity contribution in [3.8, 4) is 0 Å². The average molecular weight is 409 g/mol. The molecule has 0 radical (unpaired) electrons. The number of anilines is 2. The molecule has 0 saturated carbocycles. The average Bonchev–Trinajstić information content (AvgIpc) is 2.78. The van der Waals surface area contributed by atoms with Crippen molar-refractivity contribution in [1.29, 1.82) is 0 Å². The van der Waals surface area contributed by atoms with Crippen LogP contribution in [0.1, 0.15) is 50.5 Å². The number of piperazine rings is 1. The zero-order chi connectivity index (χ0) is 21.3. The number of rotatable bonds is 8. The van der Waals surface area contributed by atoms with Crippen LogP contribution in [0, 0.1) is 0 Å². The smallest absolute Gasteiger partial charge is 0.152 e. The van der Waals surface area contributed by atoms with Crippen LogP contribution in [0.5, 0.6) is 0 Å². The molecular formula is C23H32N6O. The lowest BCUT2D eigenvalue weighted by Crippen LogP contribution is -2.44. The van der Waals surface area contributed by atoms with Gasteiger partial charge in [0.05, 0.1) is 23.8 Å². The number of aliphatic imine (C=N–C) groups is 1. The maximum Gasteiger partial charge on any atom is 0.152 e.